The van der Waals surface area contributed by atoms with E-state index in [4.69, 9.17) is 14.2 Å². The molecule has 0 spiro atoms. The van der Waals surface area contributed by atoms with E-state index < -0.39 is 0 Å². The third-order valence-corrected chi connectivity index (χ3v) is 2.97. The first kappa shape index (κ1) is 16.0. The second-order valence-corrected chi connectivity index (χ2v) is 4.54. The molecular weight excluding hydrogens is 282 g/mol. The summed E-state index contributed by atoms with van der Waals surface area (Å²) in [6.45, 7) is 3.40. The Balaban J connectivity index is 2.14. The Morgan fingerprint density at radius 2 is 1.95 bits per heavy atom. The van der Waals surface area contributed by atoms with Crippen LogP contribution in [0.25, 0.3) is 0 Å². The van der Waals surface area contributed by atoms with Gasteiger partial charge in [-0.1, -0.05) is 18.2 Å². The van der Waals surface area contributed by atoms with E-state index in [1.807, 2.05) is 31.2 Å². The van der Waals surface area contributed by atoms with Gasteiger partial charge in [-0.05, 0) is 13.0 Å². The Bertz CT molecular complexity index is 581. The van der Waals surface area contributed by atoms with Gasteiger partial charge in [-0.2, -0.15) is 4.98 Å². The molecule has 0 radical (unpaired) electrons. The van der Waals surface area contributed by atoms with Crippen molar-refractivity contribution in [1.82, 2.24) is 9.97 Å². The van der Waals surface area contributed by atoms with Crippen LogP contribution in [0.2, 0.25) is 0 Å². The van der Waals surface area contributed by atoms with Crippen molar-refractivity contribution in [3.05, 3.63) is 41.7 Å². The Kier molecular flexibility index (Phi) is 5.97. The predicted octanol–water partition coefficient (Wildman–Crippen LogP) is 2.64. The van der Waals surface area contributed by atoms with Crippen LogP contribution in [-0.4, -0.2) is 30.8 Å². The first-order valence-corrected chi connectivity index (χ1v) is 7.12. The highest BCUT2D eigenvalue weighted by Crippen LogP contribution is 2.20. The zero-order valence-electron chi connectivity index (χ0n) is 13.1. The van der Waals surface area contributed by atoms with Crippen LogP contribution in [0.3, 0.4) is 0 Å². The SMILES string of the molecule is CCOc1cc(NCc2ccccc2OC)nc(COC)n1. The van der Waals surface area contributed by atoms with Crippen LogP contribution in [0.5, 0.6) is 11.6 Å². The largest absolute Gasteiger partial charge is 0.496 e. The number of nitrogens with one attached hydrogen (secondary N) is 1. The molecule has 1 heterocycles. The average molecular weight is 303 g/mol. The van der Waals surface area contributed by atoms with Crippen LogP contribution in [0, 0.1) is 0 Å². The van der Waals surface area contributed by atoms with E-state index in [1.54, 1.807) is 20.3 Å². The summed E-state index contributed by atoms with van der Waals surface area (Å²) in [6.07, 6.45) is 0. The fourth-order valence-corrected chi connectivity index (χ4v) is 2.01. The van der Waals surface area contributed by atoms with Crippen molar-refractivity contribution in [2.45, 2.75) is 20.1 Å². The van der Waals surface area contributed by atoms with E-state index in [0.717, 1.165) is 11.3 Å². The average Bonchev–Trinajstić information content (AvgIpc) is 2.54. The first-order valence-electron chi connectivity index (χ1n) is 7.12. The Labute approximate surface area is 130 Å². The van der Waals surface area contributed by atoms with Crippen molar-refractivity contribution in [1.29, 1.82) is 0 Å². The molecule has 22 heavy (non-hydrogen) atoms. The van der Waals surface area contributed by atoms with E-state index >= 15 is 0 Å². The van der Waals surface area contributed by atoms with Crippen molar-refractivity contribution in [2.75, 3.05) is 26.1 Å². The summed E-state index contributed by atoms with van der Waals surface area (Å²) >= 11 is 0. The van der Waals surface area contributed by atoms with Crippen LogP contribution in [0.1, 0.15) is 18.3 Å². The highest BCUT2D eigenvalue weighted by Gasteiger charge is 2.07. The van der Waals surface area contributed by atoms with Crippen molar-refractivity contribution < 1.29 is 14.2 Å². The topological polar surface area (TPSA) is 65.5 Å². The summed E-state index contributed by atoms with van der Waals surface area (Å²) in [6, 6.07) is 9.63. The molecule has 118 valence electrons. The summed E-state index contributed by atoms with van der Waals surface area (Å²) in [4.78, 5) is 8.69. The summed E-state index contributed by atoms with van der Waals surface area (Å²) < 4.78 is 15.9. The van der Waals surface area contributed by atoms with Gasteiger partial charge in [-0.15, -0.1) is 0 Å². The van der Waals surface area contributed by atoms with Gasteiger partial charge in [-0.3, -0.25) is 0 Å². The normalized spacial score (nSPS) is 10.3. The minimum absolute atomic E-state index is 0.338. The van der Waals surface area contributed by atoms with Gasteiger partial charge in [0, 0.05) is 25.3 Å². The van der Waals surface area contributed by atoms with Gasteiger partial charge in [0.1, 0.15) is 18.2 Å². The van der Waals surface area contributed by atoms with Gasteiger partial charge in [0.05, 0.1) is 13.7 Å². The van der Waals surface area contributed by atoms with Crippen LogP contribution >= 0.6 is 0 Å². The third kappa shape index (κ3) is 4.33. The van der Waals surface area contributed by atoms with Gasteiger partial charge in [0.2, 0.25) is 5.88 Å². The molecule has 1 aromatic carbocycles. The van der Waals surface area contributed by atoms with Crippen molar-refractivity contribution in [3.63, 3.8) is 0 Å². The monoisotopic (exact) mass is 303 g/mol. The molecule has 2 rings (SSSR count). The van der Waals surface area contributed by atoms with Gasteiger partial charge in [-0.25, -0.2) is 4.98 Å². The number of nitrogens with zero attached hydrogens (tertiary/aromatic N) is 2. The smallest absolute Gasteiger partial charge is 0.218 e. The Morgan fingerprint density at radius 1 is 1.14 bits per heavy atom. The molecule has 0 aliphatic rings. The number of hydrogen-bond acceptors (Lipinski definition) is 6. The molecule has 0 atom stereocenters. The summed E-state index contributed by atoms with van der Waals surface area (Å²) in [5.41, 5.74) is 1.05. The second kappa shape index (κ2) is 8.19. The van der Waals surface area contributed by atoms with E-state index in [2.05, 4.69) is 15.3 Å². The number of anilines is 1. The van der Waals surface area contributed by atoms with Gasteiger partial charge >= 0.3 is 0 Å². The number of methoxy groups -OCH3 is 2. The fourth-order valence-electron chi connectivity index (χ4n) is 2.01. The number of aromatic nitrogens is 2. The quantitative estimate of drug-likeness (QED) is 0.808. The molecule has 6 heteroatoms. The fraction of sp³-hybridized carbons (Fsp3) is 0.375. The summed E-state index contributed by atoms with van der Waals surface area (Å²) in [5, 5.41) is 3.27. The van der Waals surface area contributed by atoms with Crippen LogP contribution in [0.15, 0.2) is 30.3 Å². The maximum Gasteiger partial charge on any atom is 0.218 e. The number of benzene rings is 1. The lowest BCUT2D eigenvalue weighted by Crippen LogP contribution is -2.07. The molecule has 0 fully saturated rings. The van der Waals surface area contributed by atoms with Crippen LogP contribution in [0.4, 0.5) is 5.82 Å². The van der Waals surface area contributed by atoms with Gasteiger partial charge in [0.25, 0.3) is 0 Å². The van der Waals surface area contributed by atoms with E-state index in [9.17, 15) is 0 Å². The zero-order valence-corrected chi connectivity index (χ0v) is 13.1. The van der Waals surface area contributed by atoms with Crippen LogP contribution < -0.4 is 14.8 Å². The first-order chi connectivity index (χ1) is 10.8. The van der Waals surface area contributed by atoms with E-state index in [-0.39, 0.29) is 0 Å². The molecule has 6 nitrogen and oxygen atoms in total. The molecule has 2 aromatic rings. The van der Waals surface area contributed by atoms with E-state index in [1.165, 1.54) is 0 Å². The van der Waals surface area contributed by atoms with Crippen LogP contribution in [-0.2, 0) is 17.9 Å². The Hall–Kier alpha value is -2.34. The maximum absolute atomic E-state index is 5.46. The molecule has 1 N–H and O–H groups in total. The van der Waals surface area contributed by atoms with Gasteiger partial charge in [0.15, 0.2) is 5.82 Å². The number of hydrogen-bond donors (Lipinski definition) is 1. The molecule has 0 aliphatic carbocycles. The number of rotatable bonds is 8. The lowest BCUT2D eigenvalue weighted by molar-refractivity contribution is 0.176. The maximum atomic E-state index is 5.46. The zero-order chi connectivity index (χ0) is 15.8. The minimum Gasteiger partial charge on any atom is -0.496 e. The highest BCUT2D eigenvalue weighted by molar-refractivity contribution is 5.42. The molecule has 0 saturated heterocycles. The van der Waals surface area contributed by atoms with E-state index in [0.29, 0.717) is 37.3 Å². The van der Waals surface area contributed by atoms with Crippen molar-refractivity contribution in [2.24, 2.45) is 0 Å². The Morgan fingerprint density at radius 3 is 2.68 bits per heavy atom. The molecule has 0 amide bonds. The van der Waals surface area contributed by atoms with Gasteiger partial charge < -0.3 is 19.5 Å². The number of ether oxygens (including phenoxy) is 3. The molecule has 0 aliphatic heterocycles. The number of para-hydroxylation sites is 1. The molecular formula is C16H21N3O3. The lowest BCUT2D eigenvalue weighted by Gasteiger charge is -2.12. The molecule has 0 unspecified atom stereocenters. The predicted molar refractivity (Wildman–Crippen MR) is 84.2 cm³/mol. The summed E-state index contributed by atoms with van der Waals surface area (Å²) in [7, 11) is 3.27. The minimum atomic E-state index is 0.338. The lowest BCUT2D eigenvalue weighted by atomic mass is 10.2. The highest BCUT2D eigenvalue weighted by atomic mass is 16.5. The second-order valence-electron chi connectivity index (χ2n) is 4.54. The summed E-state index contributed by atoms with van der Waals surface area (Å²) in [5.74, 6) is 2.64. The van der Waals surface area contributed by atoms with Crippen molar-refractivity contribution in [3.8, 4) is 11.6 Å². The standard InChI is InChI=1S/C16H21N3O3/c1-4-22-16-9-14(18-15(19-16)11-20-2)17-10-12-7-5-6-8-13(12)21-3/h5-9H,4,10-11H2,1-3H3,(H,17,18,19). The molecule has 0 saturated carbocycles. The molecule has 0 bridgehead atoms. The van der Waals surface area contributed by atoms with Crippen molar-refractivity contribution >= 4 is 5.82 Å². The third-order valence-electron chi connectivity index (χ3n) is 2.97. The molecule has 1 aromatic heterocycles.